The number of aryl methyl sites for hydroxylation is 1. The number of carbonyl (C=O) groups is 1. The second kappa shape index (κ2) is 9.41. The number of likely N-dealkylation sites (tertiary alicyclic amines) is 1. The molecular formula is C23H34N2O2. The largest absolute Gasteiger partial charge is 0.460 e. The molecule has 4 heteroatoms. The summed E-state index contributed by atoms with van der Waals surface area (Å²) in [5, 5.41) is 0.971. The number of furan rings is 1. The molecule has 0 saturated carbocycles. The first-order chi connectivity index (χ1) is 13.2. The van der Waals surface area contributed by atoms with Gasteiger partial charge in [-0.25, -0.2) is 0 Å². The van der Waals surface area contributed by atoms with Gasteiger partial charge in [0.25, 0.3) is 5.91 Å². The monoisotopic (exact) mass is 370 g/mol. The minimum Gasteiger partial charge on any atom is -0.460 e. The Kier molecular flexibility index (Phi) is 6.95. The van der Waals surface area contributed by atoms with Crippen LogP contribution in [0.2, 0.25) is 0 Å². The Morgan fingerprint density at radius 3 is 2.52 bits per heavy atom. The van der Waals surface area contributed by atoms with Gasteiger partial charge in [-0.15, -0.1) is 0 Å². The number of nitrogens with zero attached hydrogens (tertiary/aromatic N) is 2. The number of carbonyl (C=O) groups excluding carboxylic acids is 1. The van der Waals surface area contributed by atoms with Crippen molar-refractivity contribution in [1.82, 2.24) is 9.80 Å². The van der Waals surface area contributed by atoms with Crippen LogP contribution in [0.25, 0.3) is 11.0 Å². The third kappa shape index (κ3) is 4.55. The summed E-state index contributed by atoms with van der Waals surface area (Å²) in [4.78, 5) is 17.9. The van der Waals surface area contributed by atoms with Crippen LogP contribution in [0.1, 0.15) is 62.6 Å². The van der Waals surface area contributed by atoms with Crippen LogP contribution in [0.3, 0.4) is 0 Å². The molecular weight excluding hydrogens is 336 g/mol. The quantitative estimate of drug-likeness (QED) is 0.658. The number of hydrogen-bond acceptors (Lipinski definition) is 3. The molecule has 0 bridgehead atoms. The first-order valence-electron chi connectivity index (χ1n) is 10.7. The van der Waals surface area contributed by atoms with Crippen LogP contribution in [0, 0.1) is 5.92 Å². The van der Waals surface area contributed by atoms with Gasteiger partial charge >= 0.3 is 0 Å². The average Bonchev–Trinajstić information content (AvgIpc) is 3.08. The highest BCUT2D eigenvalue weighted by atomic mass is 16.3. The highest BCUT2D eigenvalue weighted by molar-refractivity contribution is 6.07. The molecule has 2 heterocycles. The second-order valence-electron chi connectivity index (χ2n) is 7.72. The molecule has 4 nitrogen and oxygen atoms in total. The van der Waals surface area contributed by atoms with Crippen LogP contribution in [0.15, 0.2) is 28.7 Å². The molecule has 1 saturated heterocycles. The van der Waals surface area contributed by atoms with E-state index in [1.54, 1.807) is 0 Å². The van der Waals surface area contributed by atoms with E-state index < -0.39 is 0 Å². The van der Waals surface area contributed by atoms with E-state index in [0.29, 0.717) is 5.92 Å². The molecule has 0 spiro atoms. The van der Waals surface area contributed by atoms with Gasteiger partial charge in [0.1, 0.15) is 11.3 Å². The third-order valence-electron chi connectivity index (χ3n) is 5.95. The lowest BCUT2D eigenvalue weighted by molar-refractivity contribution is 0.0669. The number of hydrogen-bond donors (Lipinski definition) is 0. The van der Waals surface area contributed by atoms with E-state index in [1.165, 1.54) is 0 Å². The minimum atomic E-state index is 0.160. The summed E-state index contributed by atoms with van der Waals surface area (Å²) in [5.41, 5.74) is 1.64. The Morgan fingerprint density at radius 1 is 1.15 bits per heavy atom. The van der Waals surface area contributed by atoms with E-state index in [0.717, 1.165) is 87.1 Å². The van der Waals surface area contributed by atoms with Gasteiger partial charge < -0.3 is 14.2 Å². The van der Waals surface area contributed by atoms with Gasteiger partial charge in [-0.2, -0.15) is 0 Å². The first-order valence-corrected chi connectivity index (χ1v) is 10.7. The zero-order valence-electron chi connectivity index (χ0n) is 17.2. The summed E-state index contributed by atoms with van der Waals surface area (Å²) in [5.74, 6) is 1.73. The number of rotatable bonds is 8. The van der Waals surface area contributed by atoms with Crippen LogP contribution in [0.5, 0.6) is 0 Å². The van der Waals surface area contributed by atoms with E-state index >= 15 is 0 Å². The van der Waals surface area contributed by atoms with Crippen LogP contribution in [-0.4, -0.2) is 48.4 Å². The average molecular weight is 371 g/mol. The molecule has 1 aliphatic rings. The lowest BCUT2D eigenvalue weighted by atomic mass is 9.95. The summed E-state index contributed by atoms with van der Waals surface area (Å²) in [6, 6.07) is 7.96. The fourth-order valence-electron chi connectivity index (χ4n) is 4.17. The lowest BCUT2D eigenvalue weighted by Gasteiger charge is -2.34. The number of piperidine rings is 1. The van der Waals surface area contributed by atoms with E-state index in [4.69, 9.17) is 4.42 Å². The molecule has 0 atom stereocenters. The van der Waals surface area contributed by atoms with Crippen LogP contribution in [-0.2, 0) is 6.42 Å². The van der Waals surface area contributed by atoms with Crippen molar-refractivity contribution in [2.24, 2.45) is 5.92 Å². The Labute approximate surface area is 163 Å². The van der Waals surface area contributed by atoms with Crippen LogP contribution in [0.4, 0.5) is 0 Å². The molecule has 27 heavy (non-hydrogen) atoms. The molecule has 0 unspecified atom stereocenters. The maximum absolute atomic E-state index is 13.4. The molecule has 0 N–H and O–H groups in total. The standard InChI is InChI=1S/C23H34N2O2/c1-4-7-11-21-22(19-10-8-9-12-20(19)27-21)23(26)25-15-13-18(14-16-25)17-24(5-2)6-3/h8-10,12,18H,4-7,11,13-17H2,1-3H3. The molecule has 2 aromatic rings. The van der Waals surface area contributed by atoms with Crippen molar-refractivity contribution < 1.29 is 9.21 Å². The number of fused-ring (bicyclic) bond motifs is 1. The zero-order valence-corrected chi connectivity index (χ0v) is 17.2. The molecule has 1 aromatic heterocycles. The Balaban J connectivity index is 1.73. The van der Waals surface area contributed by atoms with E-state index in [1.807, 2.05) is 29.2 Å². The van der Waals surface area contributed by atoms with Gasteiger partial charge in [0, 0.05) is 31.4 Å². The predicted octanol–water partition coefficient (Wildman–Crippen LogP) is 4.97. The van der Waals surface area contributed by atoms with Gasteiger partial charge in [-0.05, 0) is 44.3 Å². The normalized spacial score (nSPS) is 15.8. The Hall–Kier alpha value is -1.81. The molecule has 0 aliphatic carbocycles. The number of benzene rings is 1. The van der Waals surface area contributed by atoms with Crippen molar-refractivity contribution in [2.75, 3.05) is 32.7 Å². The Morgan fingerprint density at radius 2 is 1.85 bits per heavy atom. The summed E-state index contributed by atoms with van der Waals surface area (Å²) in [6.45, 7) is 11.7. The summed E-state index contributed by atoms with van der Waals surface area (Å²) in [6.07, 6.45) is 5.18. The first kappa shape index (κ1) is 19.9. The lowest BCUT2D eigenvalue weighted by Crippen LogP contribution is -2.41. The van der Waals surface area contributed by atoms with Crippen LogP contribution >= 0.6 is 0 Å². The van der Waals surface area contributed by atoms with Crippen molar-refractivity contribution >= 4 is 16.9 Å². The third-order valence-corrected chi connectivity index (χ3v) is 5.95. The van der Waals surface area contributed by atoms with Crippen molar-refractivity contribution in [3.63, 3.8) is 0 Å². The zero-order chi connectivity index (χ0) is 19.2. The maximum Gasteiger partial charge on any atom is 0.258 e. The highest BCUT2D eigenvalue weighted by Crippen LogP contribution is 2.30. The maximum atomic E-state index is 13.4. The SMILES string of the molecule is CCCCc1oc2ccccc2c1C(=O)N1CCC(CN(CC)CC)CC1. The van der Waals surface area contributed by atoms with E-state index in [2.05, 4.69) is 25.7 Å². The molecule has 1 aliphatic heterocycles. The van der Waals surface area contributed by atoms with Crippen molar-refractivity contribution in [2.45, 2.75) is 52.9 Å². The predicted molar refractivity (Wildman–Crippen MR) is 111 cm³/mol. The molecule has 3 rings (SSSR count). The van der Waals surface area contributed by atoms with Crippen molar-refractivity contribution in [3.05, 3.63) is 35.6 Å². The van der Waals surface area contributed by atoms with E-state index in [-0.39, 0.29) is 5.91 Å². The molecule has 1 amide bonds. The van der Waals surface area contributed by atoms with Gasteiger partial charge in [-0.3, -0.25) is 4.79 Å². The molecule has 0 radical (unpaired) electrons. The van der Waals surface area contributed by atoms with Crippen LogP contribution < -0.4 is 0 Å². The van der Waals surface area contributed by atoms with Gasteiger partial charge in [0.05, 0.1) is 5.56 Å². The van der Waals surface area contributed by atoms with E-state index in [9.17, 15) is 4.79 Å². The highest BCUT2D eigenvalue weighted by Gasteiger charge is 2.28. The number of para-hydroxylation sites is 1. The fraction of sp³-hybridized carbons (Fsp3) is 0.609. The van der Waals surface area contributed by atoms with Gasteiger partial charge in [0.15, 0.2) is 0 Å². The summed E-state index contributed by atoms with van der Waals surface area (Å²) < 4.78 is 6.06. The van der Waals surface area contributed by atoms with Gasteiger partial charge in [-0.1, -0.05) is 45.4 Å². The fourth-order valence-corrected chi connectivity index (χ4v) is 4.17. The smallest absolute Gasteiger partial charge is 0.258 e. The minimum absolute atomic E-state index is 0.160. The summed E-state index contributed by atoms with van der Waals surface area (Å²) >= 11 is 0. The van der Waals surface area contributed by atoms with Crippen molar-refractivity contribution in [3.8, 4) is 0 Å². The number of amides is 1. The summed E-state index contributed by atoms with van der Waals surface area (Å²) in [7, 11) is 0. The Bertz CT molecular complexity index is 740. The number of unbranched alkanes of at least 4 members (excludes halogenated alkanes) is 1. The van der Waals surface area contributed by atoms with Gasteiger partial charge in [0.2, 0.25) is 0 Å². The second-order valence-corrected chi connectivity index (χ2v) is 7.72. The molecule has 1 aromatic carbocycles. The molecule has 1 fully saturated rings. The molecule has 148 valence electrons. The topological polar surface area (TPSA) is 36.7 Å². The van der Waals surface area contributed by atoms with Crippen molar-refractivity contribution in [1.29, 1.82) is 0 Å².